The summed E-state index contributed by atoms with van der Waals surface area (Å²) in [7, 11) is 0. The van der Waals surface area contributed by atoms with Crippen molar-refractivity contribution in [2.75, 3.05) is 13.1 Å². The lowest BCUT2D eigenvalue weighted by atomic mass is 10.2. The Morgan fingerprint density at radius 1 is 1.35 bits per heavy atom. The van der Waals surface area contributed by atoms with Crippen LogP contribution < -0.4 is 5.32 Å². The van der Waals surface area contributed by atoms with Crippen LogP contribution in [0.3, 0.4) is 0 Å². The minimum atomic E-state index is 0.733. The van der Waals surface area contributed by atoms with E-state index in [4.69, 9.17) is 11.6 Å². The van der Waals surface area contributed by atoms with E-state index in [-0.39, 0.29) is 0 Å². The van der Waals surface area contributed by atoms with E-state index in [0.29, 0.717) is 0 Å². The molecule has 2 heterocycles. The minimum absolute atomic E-state index is 0.733. The summed E-state index contributed by atoms with van der Waals surface area (Å²) < 4.78 is 0.909. The van der Waals surface area contributed by atoms with Gasteiger partial charge in [-0.05, 0) is 44.4 Å². The summed E-state index contributed by atoms with van der Waals surface area (Å²) in [4.78, 5) is 4.01. The van der Waals surface area contributed by atoms with E-state index < -0.39 is 0 Å². The van der Waals surface area contributed by atoms with Crippen LogP contribution in [0, 0.1) is 0 Å². The van der Waals surface area contributed by atoms with E-state index in [1.165, 1.54) is 43.6 Å². The smallest absolute Gasteiger partial charge is 0.0931 e. The first kappa shape index (κ1) is 12.0. The third-order valence-corrected chi connectivity index (χ3v) is 4.92. The predicted octanol–water partition coefficient (Wildman–Crippen LogP) is 3.12. The van der Waals surface area contributed by atoms with Gasteiger partial charge in [0.05, 0.1) is 4.34 Å². The molecule has 2 aliphatic rings. The van der Waals surface area contributed by atoms with Gasteiger partial charge in [-0.25, -0.2) is 0 Å². The highest BCUT2D eigenvalue weighted by atomic mass is 35.5. The molecule has 2 nitrogen and oxygen atoms in total. The molecule has 94 valence electrons. The van der Waals surface area contributed by atoms with Crippen molar-refractivity contribution in [2.24, 2.45) is 0 Å². The van der Waals surface area contributed by atoms with Gasteiger partial charge in [-0.15, -0.1) is 11.3 Å². The summed E-state index contributed by atoms with van der Waals surface area (Å²) in [5.74, 6) is 0. The molecule has 3 rings (SSSR count). The van der Waals surface area contributed by atoms with Crippen molar-refractivity contribution >= 4 is 22.9 Å². The molecule has 0 bridgehead atoms. The number of nitrogens with zero attached hydrogens (tertiary/aromatic N) is 1. The Bertz CT molecular complexity index is 375. The predicted molar refractivity (Wildman–Crippen MR) is 73.8 cm³/mol. The Labute approximate surface area is 112 Å². The van der Waals surface area contributed by atoms with Crippen LogP contribution >= 0.6 is 22.9 Å². The largest absolute Gasteiger partial charge is 0.312 e. The fourth-order valence-corrected chi connectivity index (χ4v) is 3.67. The van der Waals surface area contributed by atoms with E-state index in [1.807, 2.05) is 6.07 Å². The van der Waals surface area contributed by atoms with Crippen LogP contribution in [0.15, 0.2) is 12.1 Å². The number of rotatable bonds is 5. The number of halogens is 1. The summed E-state index contributed by atoms with van der Waals surface area (Å²) >= 11 is 7.70. The van der Waals surface area contributed by atoms with Crippen molar-refractivity contribution in [1.82, 2.24) is 10.2 Å². The first-order valence-corrected chi connectivity index (χ1v) is 7.72. The van der Waals surface area contributed by atoms with Gasteiger partial charge in [-0.1, -0.05) is 11.6 Å². The molecule has 1 aliphatic carbocycles. The monoisotopic (exact) mass is 270 g/mol. The van der Waals surface area contributed by atoms with E-state index >= 15 is 0 Å². The Balaban J connectivity index is 1.53. The molecule has 4 heteroatoms. The van der Waals surface area contributed by atoms with Crippen molar-refractivity contribution in [1.29, 1.82) is 0 Å². The van der Waals surface area contributed by atoms with Crippen LogP contribution in [0.5, 0.6) is 0 Å². The molecule has 1 atom stereocenters. The quantitative estimate of drug-likeness (QED) is 0.884. The second-order valence-corrected chi connectivity index (χ2v) is 6.95. The van der Waals surface area contributed by atoms with Gasteiger partial charge in [0.15, 0.2) is 0 Å². The number of thiophene rings is 1. The van der Waals surface area contributed by atoms with Crippen LogP contribution in [-0.4, -0.2) is 30.1 Å². The molecule has 2 fully saturated rings. The Kier molecular flexibility index (Phi) is 3.71. The maximum absolute atomic E-state index is 5.98. The molecule has 0 spiro atoms. The standard InChI is InChI=1S/C13H19ClN2S/c14-13-6-5-12(17-13)9-16-7-1-2-11(16)8-15-10-3-4-10/h5-6,10-11,15H,1-4,7-9H2. The van der Waals surface area contributed by atoms with Crippen LogP contribution in [0.2, 0.25) is 4.34 Å². The number of hydrogen-bond acceptors (Lipinski definition) is 3. The average Bonchev–Trinajstić information content (AvgIpc) is 2.90. The van der Waals surface area contributed by atoms with Gasteiger partial charge in [-0.3, -0.25) is 4.90 Å². The molecular weight excluding hydrogens is 252 g/mol. The van der Waals surface area contributed by atoms with Gasteiger partial charge in [0.2, 0.25) is 0 Å². The van der Waals surface area contributed by atoms with Crippen LogP contribution in [0.4, 0.5) is 0 Å². The Morgan fingerprint density at radius 2 is 2.24 bits per heavy atom. The van der Waals surface area contributed by atoms with Crippen molar-refractivity contribution in [3.05, 3.63) is 21.3 Å². The first-order valence-electron chi connectivity index (χ1n) is 6.53. The molecule has 1 unspecified atom stereocenters. The fourth-order valence-electron chi connectivity index (χ4n) is 2.56. The molecule has 0 amide bonds. The zero-order chi connectivity index (χ0) is 11.7. The highest BCUT2D eigenvalue weighted by molar-refractivity contribution is 7.16. The SMILES string of the molecule is Clc1ccc(CN2CCCC2CNC2CC2)s1. The molecule has 0 radical (unpaired) electrons. The van der Waals surface area contributed by atoms with Gasteiger partial charge in [0.25, 0.3) is 0 Å². The van der Waals surface area contributed by atoms with E-state index in [2.05, 4.69) is 16.3 Å². The molecule has 1 saturated heterocycles. The average molecular weight is 271 g/mol. The zero-order valence-corrected chi connectivity index (χ0v) is 11.6. The molecule has 1 aromatic rings. The summed E-state index contributed by atoms with van der Waals surface area (Å²) in [6, 6.07) is 5.73. The van der Waals surface area contributed by atoms with E-state index in [0.717, 1.165) is 23.0 Å². The van der Waals surface area contributed by atoms with E-state index in [9.17, 15) is 0 Å². The second-order valence-electron chi connectivity index (χ2n) is 5.15. The number of nitrogens with one attached hydrogen (secondary N) is 1. The van der Waals surface area contributed by atoms with Gasteiger partial charge >= 0.3 is 0 Å². The van der Waals surface area contributed by atoms with Gasteiger partial charge < -0.3 is 5.32 Å². The third kappa shape index (κ3) is 3.22. The maximum atomic E-state index is 5.98. The van der Waals surface area contributed by atoms with Crippen molar-refractivity contribution < 1.29 is 0 Å². The Hall–Kier alpha value is -0.0900. The highest BCUT2D eigenvalue weighted by Crippen LogP contribution is 2.27. The molecule has 0 aromatic carbocycles. The maximum Gasteiger partial charge on any atom is 0.0931 e. The summed E-state index contributed by atoms with van der Waals surface area (Å²) in [5.41, 5.74) is 0. The van der Waals surface area contributed by atoms with Gasteiger partial charge in [0.1, 0.15) is 0 Å². The zero-order valence-electron chi connectivity index (χ0n) is 9.99. The number of hydrogen-bond donors (Lipinski definition) is 1. The van der Waals surface area contributed by atoms with Crippen molar-refractivity contribution in [2.45, 2.75) is 44.3 Å². The summed E-state index contributed by atoms with van der Waals surface area (Å²) in [5, 5.41) is 3.66. The fraction of sp³-hybridized carbons (Fsp3) is 0.692. The summed E-state index contributed by atoms with van der Waals surface area (Å²) in [6.07, 6.45) is 5.45. The van der Waals surface area contributed by atoms with Crippen molar-refractivity contribution in [3.63, 3.8) is 0 Å². The molecule has 1 saturated carbocycles. The van der Waals surface area contributed by atoms with E-state index in [1.54, 1.807) is 11.3 Å². The normalized spacial score (nSPS) is 25.6. The minimum Gasteiger partial charge on any atom is -0.312 e. The molecule has 1 aromatic heterocycles. The topological polar surface area (TPSA) is 15.3 Å². The molecule has 1 N–H and O–H groups in total. The van der Waals surface area contributed by atoms with Gasteiger partial charge in [-0.2, -0.15) is 0 Å². The lowest BCUT2D eigenvalue weighted by Crippen LogP contribution is -2.38. The third-order valence-electron chi connectivity index (χ3n) is 3.71. The molecule has 17 heavy (non-hydrogen) atoms. The van der Waals surface area contributed by atoms with Crippen molar-refractivity contribution in [3.8, 4) is 0 Å². The van der Waals surface area contributed by atoms with Gasteiger partial charge in [0, 0.05) is 30.1 Å². The number of likely N-dealkylation sites (tertiary alicyclic amines) is 1. The summed E-state index contributed by atoms with van der Waals surface area (Å²) in [6.45, 7) is 3.49. The lowest BCUT2D eigenvalue weighted by Gasteiger charge is -2.24. The lowest BCUT2D eigenvalue weighted by molar-refractivity contribution is 0.241. The van der Waals surface area contributed by atoms with Crippen LogP contribution in [0.25, 0.3) is 0 Å². The molecule has 1 aliphatic heterocycles. The Morgan fingerprint density at radius 3 is 2.94 bits per heavy atom. The molecular formula is C13H19ClN2S. The first-order chi connectivity index (χ1) is 8.31. The highest BCUT2D eigenvalue weighted by Gasteiger charge is 2.27. The second kappa shape index (κ2) is 5.27. The van der Waals surface area contributed by atoms with Crippen LogP contribution in [-0.2, 0) is 6.54 Å². The van der Waals surface area contributed by atoms with Crippen LogP contribution in [0.1, 0.15) is 30.6 Å².